The van der Waals surface area contributed by atoms with E-state index in [1.54, 1.807) is 0 Å². The third-order valence-corrected chi connectivity index (χ3v) is 2.77. The van der Waals surface area contributed by atoms with Crippen LogP contribution in [0.3, 0.4) is 0 Å². The highest BCUT2D eigenvalue weighted by Crippen LogP contribution is 2.16. The molecule has 0 aliphatic carbocycles. The quantitative estimate of drug-likeness (QED) is 0.765. The molecule has 0 fully saturated rings. The highest BCUT2D eigenvalue weighted by atomic mass is 15.0. The zero-order valence-electron chi connectivity index (χ0n) is 10.6. The van der Waals surface area contributed by atoms with Crippen LogP contribution in [0, 0.1) is 5.92 Å². The fourth-order valence-electron chi connectivity index (χ4n) is 1.93. The lowest BCUT2D eigenvalue weighted by molar-refractivity contribution is 0.645. The van der Waals surface area contributed by atoms with Gasteiger partial charge in [0.25, 0.3) is 0 Å². The number of hydrogen-bond acceptors (Lipinski definition) is 1. The van der Waals surface area contributed by atoms with Crippen molar-refractivity contribution in [1.29, 1.82) is 0 Å². The Kier molecular flexibility index (Phi) is 2.99. The van der Waals surface area contributed by atoms with E-state index in [2.05, 4.69) is 61.6 Å². The van der Waals surface area contributed by atoms with Gasteiger partial charge in [0.2, 0.25) is 0 Å². The molecule has 86 valence electrons. The molecule has 2 aromatic heterocycles. The second kappa shape index (κ2) is 4.28. The van der Waals surface area contributed by atoms with E-state index in [9.17, 15) is 0 Å². The van der Waals surface area contributed by atoms with Gasteiger partial charge in [0, 0.05) is 12.4 Å². The van der Waals surface area contributed by atoms with E-state index < -0.39 is 0 Å². The highest BCUT2D eigenvalue weighted by Gasteiger charge is 2.06. The number of hydrogen-bond donors (Lipinski definition) is 0. The SMILES string of the molecule is CC(C)Cc1ccc2nc(C(C)C)cn2c1. The summed E-state index contributed by atoms with van der Waals surface area (Å²) < 4.78 is 2.15. The molecule has 2 aromatic rings. The molecule has 0 bridgehead atoms. The molecular weight excluding hydrogens is 196 g/mol. The molecule has 2 heteroatoms. The Bertz CT molecular complexity index is 480. The Morgan fingerprint density at radius 2 is 1.88 bits per heavy atom. The van der Waals surface area contributed by atoms with Crippen molar-refractivity contribution in [3.63, 3.8) is 0 Å². The van der Waals surface area contributed by atoms with Gasteiger partial charge in [0.05, 0.1) is 5.69 Å². The Hall–Kier alpha value is -1.31. The summed E-state index contributed by atoms with van der Waals surface area (Å²) in [4.78, 5) is 4.60. The maximum atomic E-state index is 4.60. The lowest BCUT2D eigenvalue weighted by Crippen LogP contribution is -1.95. The van der Waals surface area contributed by atoms with E-state index >= 15 is 0 Å². The molecule has 0 saturated heterocycles. The summed E-state index contributed by atoms with van der Waals surface area (Å²) in [5.74, 6) is 1.19. The normalized spacial score (nSPS) is 11.9. The van der Waals surface area contributed by atoms with Crippen LogP contribution >= 0.6 is 0 Å². The molecule has 2 rings (SSSR count). The van der Waals surface area contributed by atoms with E-state index in [4.69, 9.17) is 0 Å². The zero-order valence-corrected chi connectivity index (χ0v) is 10.6. The van der Waals surface area contributed by atoms with Gasteiger partial charge in [-0.2, -0.15) is 0 Å². The summed E-state index contributed by atoms with van der Waals surface area (Å²) >= 11 is 0. The van der Waals surface area contributed by atoms with Crippen molar-refractivity contribution in [3.05, 3.63) is 35.8 Å². The molecule has 2 heterocycles. The first-order chi connectivity index (χ1) is 7.56. The van der Waals surface area contributed by atoms with Gasteiger partial charge in [-0.25, -0.2) is 4.98 Å². The Balaban J connectivity index is 2.38. The van der Waals surface area contributed by atoms with Crippen LogP contribution in [0.2, 0.25) is 0 Å². The van der Waals surface area contributed by atoms with E-state index in [1.807, 2.05) is 0 Å². The van der Waals surface area contributed by atoms with Gasteiger partial charge in [0.15, 0.2) is 0 Å². The highest BCUT2D eigenvalue weighted by molar-refractivity contribution is 5.42. The van der Waals surface area contributed by atoms with Crippen molar-refractivity contribution in [1.82, 2.24) is 9.38 Å². The zero-order chi connectivity index (χ0) is 11.7. The van der Waals surface area contributed by atoms with Crippen molar-refractivity contribution in [3.8, 4) is 0 Å². The molecule has 0 spiro atoms. The lowest BCUT2D eigenvalue weighted by atomic mass is 10.1. The first kappa shape index (κ1) is 11.2. The first-order valence-electron chi connectivity index (χ1n) is 6.04. The van der Waals surface area contributed by atoms with Gasteiger partial charge in [-0.05, 0) is 29.9 Å². The smallest absolute Gasteiger partial charge is 0.136 e. The van der Waals surface area contributed by atoms with Crippen LogP contribution in [0.4, 0.5) is 0 Å². The Labute approximate surface area is 97.3 Å². The summed E-state index contributed by atoms with van der Waals surface area (Å²) in [5, 5.41) is 0. The van der Waals surface area contributed by atoms with Crippen LogP contribution < -0.4 is 0 Å². The molecule has 0 aromatic carbocycles. The fraction of sp³-hybridized carbons (Fsp3) is 0.500. The number of rotatable bonds is 3. The second-order valence-corrected chi connectivity index (χ2v) is 5.22. The number of imidazole rings is 1. The van der Waals surface area contributed by atoms with E-state index in [0.717, 1.165) is 12.1 Å². The van der Waals surface area contributed by atoms with Gasteiger partial charge in [-0.1, -0.05) is 33.8 Å². The van der Waals surface area contributed by atoms with Gasteiger partial charge >= 0.3 is 0 Å². The molecule has 0 aliphatic rings. The van der Waals surface area contributed by atoms with Gasteiger partial charge in [0.1, 0.15) is 5.65 Å². The molecule has 16 heavy (non-hydrogen) atoms. The molecule has 0 radical (unpaired) electrons. The standard InChI is InChI=1S/C14H20N2/c1-10(2)7-12-5-6-14-15-13(11(3)4)9-16(14)8-12/h5-6,8-11H,7H2,1-4H3. The molecule has 0 amide bonds. The molecule has 2 nitrogen and oxygen atoms in total. The maximum Gasteiger partial charge on any atom is 0.136 e. The summed E-state index contributed by atoms with van der Waals surface area (Å²) in [5.41, 5.74) is 3.60. The van der Waals surface area contributed by atoms with Crippen LogP contribution in [-0.4, -0.2) is 9.38 Å². The number of fused-ring (bicyclic) bond motifs is 1. The van der Waals surface area contributed by atoms with E-state index in [0.29, 0.717) is 11.8 Å². The summed E-state index contributed by atoms with van der Waals surface area (Å²) in [7, 11) is 0. The second-order valence-electron chi connectivity index (χ2n) is 5.22. The average Bonchev–Trinajstić information content (AvgIpc) is 2.59. The first-order valence-corrected chi connectivity index (χ1v) is 6.04. The van der Waals surface area contributed by atoms with Gasteiger partial charge in [-0.3, -0.25) is 0 Å². The fourth-order valence-corrected chi connectivity index (χ4v) is 1.93. The van der Waals surface area contributed by atoms with Crippen LogP contribution in [0.5, 0.6) is 0 Å². The van der Waals surface area contributed by atoms with Gasteiger partial charge in [-0.15, -0.1) is 0 Å². The van der Waals surface area contributed by atoms with Crippen molar-refractivity contribution in [2.24, 2.45) is 5.92 Å². The molecule has 0 atom stereocenters. The van der Waals surface area contributed by atoms with Crippen LogP contribution in [-0.2, 0) is 6.42 Å². The van der Waals surface area contributed by atoms with E-state index in [1.165, 1.54) is 11.3 Å². The topological polar surface area (TPSA) is 17.3 Å². The van der Waals surface area contributed by atoms with Crippen LogP contribution in [0.1, 0.15) is 44.9 Å². The van der Waals surface area contributed by atoms with Crippen molar-refractivity contribution >= 4 is 5.65 Å². The van der Waals surface area contributed by atoms with Crippen LogP contribution in [0.25, 0.3) is 5.65 Å². The summed E-state index contributed by atoms with van der Waals surface area (Å²) in [6, 6.07) is 4.30. The molecule has 0 unspecified atom stereocenters. The predicted molar refractivity (Wildman–Crippen MR) is 67.8 cm³/mol. The number of pyridine rings is 1. The predicted octanol–water partition coefficient (Wildman–Crippen LogP) is 3.66. The Morgan fingerprint density at radius 1 is 1.12 bits per heavy atom. The molecule has 0 N–H and O–H groups in total. The third kappa shape index (κ3) is 2.26. The van der Waals surface area contributed by atoms with Gasteiger partial charge < -0.3 is 4.40 Å². The molecule has 0 saturated carbocycles. The average molecular weight is 216 g/mol. The minimum atomic E-state index is 0.494. The Morgan fingerprint density at radius 3 is 2.50 bits per heavy atom. The minimum absolute atomic E-state index is 0.494. The lowest BCUT2D eigenvalue weighted by Gasteiger charge is -2.04. The summed E-state index contributed by atoms with van der Waals surface area (Å²) in [6.07, 6.45) is 5.48. The van der Waals surface area contributed by atoms with E-state index in [-0.39, 0.29) is 0 Å². The number of nitrogens with zero attached hydrogens (tertiary/aromatic N) is 2. The third-order valence-electron chi connectivity index (χ3n) is 2.77. The van der Waals surface area contributed by atoms with Crippen molar-refractivity contribution in [2.45, 2.75) is 40.0 Å². The largest absolute Gasteiger partial charge is 0.307 e. The summed E-state index contributed by atoms with van der Waals surface area (Å²) in [6.45, 7) is 8.85. The van der Waals surface area contributed by atoms with Crippen molar-refractivity contribution < 1.29 is 0 Å². The van der Waals surface area contributed by atoms with Crippen molar-refractivity contribution in [2.75, 3.05) is 0 Å². The maximum absolute atomic E-state index is 4.60. The minimum Gasteiger partial charge on any atom is -0.307 e. The number of aromatic nitrogens is 2. The van der Waals surface area contributed by atoms with Crippen LogP contribution in [0.15, 0.2) is 24.5 Å². The molecular formula is C14H20N2. The monoisotopic (exact) mass is 216 g/mol. The molecule has 0 aliphatic heterocycles.